The fourth-order valence-corrected chi connectivity index (χ4v) is 4.68. The van der Waals surface area contributed by atoms with Gasteiger partial charge in [-0.25, -0.2) is 9.97 Å². The summed E-state index contributed by atoms with van der Waals surface area (Å²) in [6.45, 7) is 6.35. The van der Waals surface area contributed by atoms with Crippen LogP contribution in [0.3, 0.4) is 0 Å². The summed E-state index contributed by atoms with van der Waals surface area (Å²) in [6, 6.07) is 11.9. The standard InChI is InChI=1S/C25H27N3O4S/c1-15(2)28-14-26-20-10-17(6-9-21(20)28)13-32-24(29)12-23-16(3)27-25(33-23)19-8-7-18(30-4)11-22(19)31-5/h6-11,14-15H,12-13H2,1-5H3. The highest BCUT2D eigenvalue weighted by molar-refractivity contribution is 7.15. The number of hydrogen-bond donors (Lipinski definition) is 0. The van der Waals surface area contributed by atoms with Crippen LogP contribution in [0, 0.1) is 6.92 Å². The lowest BCUT2D eigenvalue weighted by atomic mass is 10.2. The number of imidazole rings is 1. The molecule has 8 heteroatoms. The normalized spacial score (nSPS) is 11.2. The third-order valence-corrected chi connectivity index (χ3v) is 6.62. The lowest BCUT2D eigenvalue weighted by molar-refractivity contribution is -0.144. The Morgan fingerprint density at radius 2 is 1.94 bits per heavy atom. The zero-order chi connectivity index (χ0) is 23.5. The number of hydrogen-bond acceptors (Lipinski definition) is 7. The lowest BCUT2D eigenvalue weighted by Gasteiger charge is -2.08. The van der Waals surface area contributed by atoms with E-state index in [1.54, 1.807) is 14.2 Å². The molecule has 172 valence electrons. The van der Waals surface area contributed by atoms with Crippen molar-refractivity contribution in [3.05, 3.63) is 58.9 Å². The summed E-state index contributed by atoms with van der Waals surface area (Å²) in [5.74, 6) is 1.09. The van der Waals surface area contributed by atoms with Crippen molar-refractivity contribution in [1.29, 1.82) is 0 Å². The number of thiazole rings is 1. The number of ether oxygens (including phenoxy) is 3. The smallest absolute Gasteiger partial charge is 0.311 e. The Hall–Kier alpha value is -3.39. The quantitative estimate of drug-likeness (QED) is 0.327. The molecular weight excluding hydrogens is 438 g/mol. The third kappa shape index (κ3) is 4.85. The van der Waals surface area contributed by atoms with Crippen molar-refractivity contribution in [3.63, 3.8) is 0 Å². The van der Waals surface area contributed by atoms with Crippen molar-refractivity contribution in [2.24, 2.45) is 0 Å². The van der Waals surface area contributed by atoms with E-state index in [1.807, 2.05) is 49.6 Å². The molecule has 2 aromatic heterocycles. The molecule has 0 amide bonds. The van der Waals surface area contributed by atoms with Gasteiger partial charge in [-0.3, -0.25) is 4.79 Å². The van der Waals surface area contributed by atoms with Crippen LogP contribution >= 0.6 is 11.3 Å². The first kappa shape index (κ1) is 22.8. The van der Waals surface area contributed by atoms with E-state index >= 15 is 0 Å². The third-order valence-electron chi connectivity index (χ3n) is 5.43. The Labute approximate surface area is 197 Å². The van der Waals surface area contributed by atoms with Gasteiger partial charge >= 0.3 is 5.97 Å². The molecule has 2 aromatic carbocycles. The first-order valence-electron chi connectivity index (χ1n) is 10.7. The second kappa shape index (κ2) is 9.62. The first-order chi connectivity index (χ1) is 15.9. The van der Waals surface area contributed by atoms with Gasteiger partial charge in [0, 0.05) is 17.0 Å². The molecule has 0 fully saturated rings. The summed E-state index contributed by atoms with van der Waals surface area (Å²) in [4.78, 5) is 22.5. The predicted octanol–water partition coefficient (Wildman–Crippen LogP) is 5.35. The number of methoxy groups -OCH3 is 2. The fourth-order valence-electron chi connectivity index (χ4n) is 3.61. The second-order valence-electron chi connectivity index (χ2n) is 8.00. The molecule has 0 aliphatic rings. The van der Waals surface area contributed by atoms with Gasteiger partial charge in [-0.05, 0) is 50.6 Å². The molecule has 33 heavy (non-hydrogen) atoms. The van der Waals surface area contributed by atoms with Crippen molar-refractivity contribution in [1.82, 2.24) is 14.5 Å². The van der Waals surface area contributed by atoms with Gasteiger partial charge in [0.05, 0.1) is 49.3 Å². The minimum atomic E-state index is -0.289. The lowest BCUT2D eigenvalue weighted by Crippen LogP contribution is -2.08. The van der Waals surface area contributed by atoms with E-state index in [-0.39, 0.29) is 19.0 Å². The zero-order valence-corrected chi connectivity index (χ0v) is 20.2. The molecule has 0 bridgehead atoms. The average Bonchev–Trinajstić information content (AvgIpc) is 3.40. The number of carbonyl (C=O) groups excluding carboxylic acids is 1. The number of carbonyl (C=O) groups is 1. The number of esters is 1. The molecule has 0 aliphatic heterocycles. The van der Waals surface area contributed by atoms with Gasteiger partial charge in [0.2, 0.25) is 0 Å². The summed E-state index contributed by atoms with van der Waals surface area (Å²) in [5, 5.41) is 0.793. The van der Waals surface area contributed by atoms with Crippen molar-refractivity contribution >= 4 is 28.3 Å². The van der Waals surface area contributed by atoms with E-state index in [0.29, 0.717) is 17.5 Å². The van der Waals surface area contributed by atoms with Crippen LogP contribution in [0.4, 0.5) is 0 Å². The average molecular weight is 466 g/mol. The van der Waals surface area contributed by atoms with Gasteiger partial charge in [0.1, 0.15) is 23.1 Å². The fraction of sp³-hybridized carbons (Fsp3) is 0.320. The van der Waals surface area contributed by atoms with E-state index in [2.05, 4.69) is 28.4 Å². The molecule has 0 saturated carbocycles. The minimum absolute atomic E-state index is 0.173. The largest absolute Gasteiger partial charge is 0.497 e. The molecule has 4 rings (SSSR count). The number of benzene rings is 2. The van der Waals surface area contributed by atoms with Gasteiger partial charge in [-0.15, -0.1) is 11.3 Å². The molecule has 2 heterocycles. The maximum Gasteiger partial charge on any atom is 0.311 e. The molecule has 0 aliphatic carbocycles. The van der Waals surface area contributed by atoms with E-state index in [1.165, 1.54) is 11.3 Å². The topological polar surface area (TPSA) is 75.5 Å². The molecule has 0 unspecified atom stereocenters. The second-order valence-corrected chi connectivity index (χ2v) is 9.08. The van der Waals surface area contributed by atoms with Crippen molar-refractivity contribution in [2.45, 2.75) is 39.8 Å². The minimum Gasteiger partial charge on any atom is -0.497 e. The van der Waals surface area contributed by atoms with Crippen LogP contribution < -0.4 is 9.47 Å². The maximum absolute atomic E-state index is 12.5. The molecule has 4 aromatic rings. The highest BCUT2D eigenvalue weighted by atomic mass is 32.1. The predicted molar refractivity (Wildman–Crippen MR) is 129 cm³/mol. The van der Waals surface area contributed by atoms with Crippen molar-refractivity contribution in [3.8, 4) is 22.1 Å². The zero-order valence-electron chi connectivity index (χ0n) is 19.4. The summed E-state index contributed by atoms with van der Waals surface area (Å²) < 4.78 is 18.4. The Kier molecular flexibility index (Phi) is 6.65. The van der Waals surface area contributed by atoms with Crippen LogP contribution in [0.15, 0.2) is 42.7 Å². The summed E-state index contributed by atoms with van der Waals surface area (Å²) >= 11 is 1.47. The Morgan fingerprint density at radius 3 is 2.67 bits per heavy atom. The van der Waals surface area contributed by atoms with E-state index in [0.717, 1.165) is 37.7 Å². The summed E-state index contributed by atoms with van der Waals surface area (Å²) in [7, 11) is 3.23. The van der Waals surface area contributed by atoms with Gasteiger partial charge in [-0.2, -0.15) is 0 Å². The number of fused-ring (bicyclic) bond motifs is 1. The summed E-state index contributed by atoms with van der Waals surface area (Å²) in [5.41, 5.74) is 4.55. The molecule has 0 spiro atoms. The van der Waals surface area contributed by atoms with E-state index < -0.39 is 0 Å². The summed E-state index contributed by atoms with van der Waals surface area (Å²) in [6.07, 6.45) is 2.01. The van der Waals surface area contributed by atoms with Crippen molar-refractivity contribution in [2.75, 3.05) is 14.2 Å². The van der Waals surface area contributed by atoms with Crippen LogP contribution in [0.2, 0.25) is 0 Å². The monoisotopic (exact) mass is 465 g/mol. The highest BCUT2D eigenvalue weighted by Crippen LogP contribution is 2.37. The van der Waals surface area contributed by atoms with Crippen molar-refractivity contribution < 1.29 is 19.0 Å². The molecule has 0 saturated heterocycles. The molecular formula is C25H27N3O4S. The van der Waals surface area contributed by atoms with Gasteiger partial charge in [-0.1, -0.05) is 6.07 Å². The van der Waals surface area contributed by atoms with E-state index in [4.69, 9.17) is 14.2 Å². The van der Waals surface area contributed by atoms with Gasteiger partial charge in [0.15, 0.2) is 0 Å². The van der Waals surface area contributed by atoms with E-state index in [9.17, 15) is 4.79 Å². The Bertz CT molecular complexity index is 1290. The number of aromatic nitrogens is 3. The van der Waals surface area contributed by atoms with Crippen LogP contribution in [0.5, 0.6) is 11.5 Å². The van der Waals surface area contributed by atoms with Crippen LogP contribution in [0.25, 0.3) is 21.6 Å². The molecule has 0 radical (unpaired) electrons. The first-order valence-corrected chi connectivity index (χ1v) is 11.5. The SMILES string of the molecule is COc1ccc(-c2nc(C)c(CC(=O)OCc3ccc4c(c3)ncn4C(C)C)s2)c(OC)c1. The van der Waals surface area contributed by atoms with Crippen LogP contribution in [0.1, 0.15) is 36.0 Å². The molecule has 0 N–H and O–H groups in total. The number of aryl methyl sites for hydroxylation is 1. The van der Waals surface area contributed by atoms with Gasteiger partial charge < -0.3 is 18.8 Å². The highest BCUT2D eigenvalue weighted by Gasteiger charge is 2.17. The molecule has 7 nitrogen and oxygen atoms in total. The number of nitrogens with zero attached hydrogens (tertiary/aromatic N) is 3. The van der Waals surface area contributed by atoms with Gasteiger partial charge in [0.25, 0.3) is 0 Å². The van der Waals surface area contributed by atoms with Crippen LogP contribution in [-0.2, 0) is 22.6 Å². The maximum atomic E-state index is 12.5. The van der Waals surface area contributed by atoms with Crippen LogP contribution in [-0.4, -0.2) is 34.7 Å². The molecule has 0 atom stereocenters. The Balaban J connectivity index is 1.43. The Morgan fingerprint density at radius 1 is 1.12 bits per heavy atom. The number of rotatable bonds is 8.